The third-order valence-electron chi connectivity index (χ3n) is 2.40. The molecule has 0 N–H and O–H groups in total. The van der Waals surface area contributed by atoms with Crippen molar-refractivity contribution in [2.75, 3.05) is 20.3 Å². The molecule has 1 atom stereocenters. The second-order valence-electron chi connectivity index (χ2n) is 5.17. The van der Waals surface area contributed by atoms with Crippen LogP contribution in [0.2, 0.25) is 0 Å². The molecule has 5 nitrogen and oxygen atoms in total. The molecule has 0 fully saturated rings. The first-order valence-corrected chi connectivity index (χ1v) is 6.27. The fourth-order valence-corrected chi connectivity index (χ4v) is 1.44. The fourth-order valence-electron chi connectivity index (χ4n) is 1.44. The van der Waals surface area contributed by atoms with Crippen molar-refractivity contribution in [1.29, 1.82) is 0 Å². The van der Waals surface area contributed by atoms with Gasteiger partial charge in [0.15, 0.2) is 0 Å². The van der Waals surface area contributed by atoms with Crippen molar-refractivity contribution in [3.05, 3.63) is 23.7 Å². The summed E-state index contributed by atoms with van der Waals surface area (Å²) >= 11 is 0. The molecule has 1 aromatic heterocycles. The van der Waals surface area contributed by atoms with Crippen LogP contribution in [0.15, 0.2) is 16.5 Å². The van der Waals surface area contributed by atoms with E-state index in [-0.39, 0.29) is 17.5 Å². The zero-order chi connectivity index (χ0) is 14.5. The van der Waals surface area contributed by atoms with E-state index in [0.29, 0.717) is 19.0 Å². The Balaban J connectivity index is 2.39. The van der Waals surface area contributed by atoms with Crippen molar-refractivity contribution in [3.63, 3.8) is 0 Å². The van der Waals surface area contributed by atoms with Crippen molar-refractivity contribution < 1.29 is 23.4 Å². The van der Waals surface area contributed by atoms with Crippen LogP contribution in [0.1, 0.15) is 50.1 Å². The molecule has 5 heteroatoms. The highest BCUT2D eigenvalue weighted by Gasteiger charge is 2.16. The van der Waals surface area contributed by atoms with Gasteiger partial charge in [-0.15, -0.1) is 0 Å². The van der Waals surface area contributed by atoms with Gasteiger partial charge in [-0.05, 0) is 39.8 Å². The van der Waals surface area contributed by atoms with Crippen LogP contribution in [0.3, 0.4) is 0 Å². The largest absolute Gasteiger partial charge is 0.463 e. The van der Waals surface area contributed by atoms with E-state index in [1.165, 1.54) is 7.11 Å². The molecule has 0 saturated carbocycles. The van der Waals surface area contributed by atoms with Crippen LogP contribution < -0.4 is 0 Å². The Morgan fingerprint density at radius 3 is 2.58 bits per heavy atom. The maximum atomic E-state index is 11.2. The lowest BCUT2D eigenvalue weighted by Gasteiger charge is -2.20. The number of carbonyl (C=O) groups is 1. The molecule has 1 unspecified atom stereocenters. The SMILES string of the molecule is COC(=O)c1ccc(C(C)OCCOC(C)(C)C)o1. The molecule has 0 bridgehead atoms. The highest BCUT2D eigenvalue weighted by molar-refractivity contribution is 5.86. The molecule has 0 aliphatic carbocycles. The van der Waals surface area contributed by atoms with Crippen LogP contribution in [-0.4, -0.2) is 31.9 Å². The number of methoxy groups -OCH3 is 1. The highest BCUT2D eigenvalue weighted by Crippen LogP contribution is 2.20. The minimum Gasteiger partial charge on any atom is -0.463 e. The summed E-state index contributed by atoms with van der Waals surface area (Å²) in [6.07, 6.45) is -0.234. The summed E-state index contributed by atoms with van der Waals surface area (Å²) in [5.41, 5.74) is -0.171. The van der Waals surface area contributed by atoms with Crippen LogP contribution in [0.4, 0.5) is 0 Å². The van der Waals surface area contributed by atoms with Crippen LogP contribution in [-0.2, 0) is 14.2 Å². The van der Waals surface area contributed by atoms with Gasteiger partial charge < -0.3 is 18.6 Å². The van der Waals surface area contributed by atoms with Crippen molar-refractivity contribution in [1.82, 2.24) is 0 Å². The summed E-state index contributed by atoms with van der Waals surface area (Å²) in [4.78, 5) is 11.2. The Morgan fingerprint density at radius 2 is 2.00 bits per heavy atom. The Bertz CT molecular complexity index is 402. The van der Waals surface area contributed by atoms with Crippen molar-refractivity contribution in [3.8, 4) is 0 Å². The van der Waals surface area contributed by atoms with Gasteiger partial charge in [0.05, 0.1) is 25.9 Å². The van der Waals surface area contributed by atoms with Gasteiger partial charge in [0, 0.05) is 0 Å². The lowest BCUT2D eigenvalue weighted by Crippen LogP contribution is -2.22. The number of furan rings is 1. The van der Waals surface area contributed by atoms with E-state index in [9.17, 15) is 4.79 Å². The van der Waals surface area contributed by atoms with E-state index < -0.39 is 5.97 Å². The molecule has 1 aromatic rings. The monoisotopic (exact) mass is 270 g/mol. The molecule has 0 radical (unpaired) electrons. The number of hydrogen-bond donors (Lipinski definition) is 0. The Hall–Kier alpha value is -1.33. The van der Waals surface area contributed by atoms with Crippen molar-refractivity contribution in [2.45, 2.75) is 39.4 Å². The molecule has 0 aliphatic rings. The Kier molecular flexibility index (Phi) is 5.57. The summed E-state index contributed by atoms with van der Waals surface area (Å²) < 4.78 is 21.1. The van der Waals surface area contributed by atoms with Gasteiger partial charge >= 0.3 is 5.97 Å². The van der Waals surface area contributed by atoms with Gasteiger partial charge in [-0.25, -0.2) is 4.79 Å². The van der Waals surface area contributed by atoms with Crippen LogP contribution in [0.5, 0.6) is 0 Å². The molecule has 0 spiro atoms. The molecule has 108 valence electrons. The standard InChI is InChI=1S/C14H22O5/c1-10(17-8-9-18-14(2,3)4)11-6-7-12(19-11)13(15)16-5/h6-7,10H,8-9H2,1-5H3. The summed E-state index contributed by atoms with van der Waals surface area (Å²) in [5.74, 6) is 0.282. The molecule has 0 aliphatic heterocycles. The summed E-state index contributed by atoms with van der Waals surface area (Å²) in [6, 6.07) is 3.29. The topological polar surface area (TPSA) is 57.9 Å². The first-order valence-electron chi connectivity index (χ1n) is 6.27. The van der Waals surface area contributed by atoms with E-state index in [1.807, 2.05) is 27.7 Å². The average molecular weight is 270 g/mol. The Labute approximate surface area is 113 Å². The number of ether oxygens (including phenoxy) is 3. The second kappa shape index (κ2) is 6.73. The lowest BCUT2D eigenvalue weighted by atomic mass is 10.2. The molecule has 0 amide bonds. The first kappa shape index (κ1) is 15.7. The Morgan fingerprint density at radius 1 is 1.32 bits per heavy atom. The quantitative estimate of drug-likeness (QED) is 0.587. The first-order chi connectivity index (χ1) is 8.83. The number of esters is 1. The van der Waals surface area contributed by atoms with E-state index in [0.717, 1.165) is 0 Å². The van der Waals surface area contributed by atoms with Crippen molar-refractivity contribution >= 4 is 5.97 Å². The molecule has 19 heavy (non-hydrogen) atoms. The van der Waals surface area contributed by atoms with Gasteiger partial charge in [-0.3, -0.25) is 0 Å². The normalized spacial score (nSPS) is 13.3. The van der Waals surface area contributed by atoms with Gasteiger partial charge in [0.1, 0.15) is 11.9 Å². The van der Waals surface area contributed by atoms with Gasteiger partial charge in [-0.1, -0.05) is 0 Å². The predicted octanol–water partition coefficient (Wildman–Crippen LogP) is 2.96. The highest BCUT2D eigenvalue weighted by atomic mass is 16.6. The lowest BCUT2D eigenvalue weighted by molar-refractivity contribution is -0.0523. The maximum absolute atomic E-state index is 11.2. The minimum atomic E-state index is -0.491. The van der Waals surface area contributed by atoms with E-state index in [4.69, 9.17) is 13.9 Å². The molecule has 1 heterocycles. The smallest absolute Gasteiger partial charge is 0.373 e. The fraction of sp³-hybridized carbons (Fsp3) is 0.643. The van der Waals surface area contributed by atoms with Crippen LogP contribution in [0, 0.1) is 0 Å². The van der Waals surface area contributed by atoms with Crippen molar-refractivity contribution in [2.24, 2.45) is 0 Å². The third-order valence-corrected chi connectivity index (χ3v) is 2.40. The van der Waals surface area contributed by atoms with Gasteiger partial charge in [0.2, 0.25) is 5.76 Å². The molecular formula is C14H22O5. The zero-order valence-corrected chi connectivity index (χ0v) is 12.2. The average Bonchev–Trinajstić information content (AvgIpc) is 2.81. The van der Waals surface area contributed by atoms with Gasteiger partial charge in [-0.2, -0.15) is 0 Å². The molecule has 0 saturated heterocycles. The number of carbonyl (C=O) groups excluding carboxylic acids is 1. The second-order valence-corrected chi connectivity index (χ2v) is 5.17. The summed E-state index contributed by atoms with van der Waals surface area (Å²) in [7, 11) is 1.31. The molecule has 1 rings (SSSR count). The third kappa shape index (κ3) is 5.44. The molecule has 0 aromatic carbocycles. The van der Waals surface area contributed by atoms with E-state index >= 15 is 0 Å². The van der Waals surface area contributed by atoms with Crippen LogP contribution >= 0.6 is 0 Å². The summed E-state index contributed by atoms with van der Waals surface area (Å²) in [5, 5.41) is 0. The van der Waals surface area contributed by atoms with Crippen LogP contribution in [0.25, 0.3) is 0 Å². The predicted molar refractivity (Wildman–Crippen MR) is 70.1 cm³/mol. The van der Waals surface area contributed by atoms with Gasteiger partial charge in [0.25, 0.3) is 0 Å². The number of rotatable bonds is 6. The van der Waals surface area contributed by atoms with E-state index in [1.54, 1.807) is 12.1 Å². The number of hydrogen-bond acceptors (Lipinski definition) is 5. The van der Waals surface area contributed by atoms with E-state index in [2.05, 4.69) is 4.74 Å². The summed E-state index contributed by atoms with van der Waals surface area (Å²) in [6.45, 7) is 8.81. The maximum Gasteiger partial charge on any atom is 0.373 e. The molecular weight excluding hydrogens is 248 g/mol. The minimum absolute atomic E-state index is 0.171. The zero-order valence-electron chi connectivity index (χ0n) is 12.2.